The van der Waals surface area contributed by atoms with Gasteiger partial charge in [-0.05, 0) is 27.7 Å². The molecule has 1 atom stereocenters. The molecule has 0 spiro atoms. The van der Waals surface area contributed by atoms with Crippen molar-refractivity contribution in [3.05, 3.63) is 12.7 Å². The third-order valence-corrected chi connectivity index (χ3v) is 1.37. The van der Waals surface area contributed by atoms with Crippen molar-refractivity contribution >= 4 is 6.09 Å². The molecule has 0 aromatic heterocycles. The highest BCUT2D eigenvalue weighted by Crippen LogP contribution is 2.06. The zero-order valence-corrected chi connectivity index (χ0v) is 10.0. The summed E-state index contributed by atoms with van der Waals surface area (Å²) >= 11 is 0. The minimum Gasteiger partial charge on any atom is -0.444 e. The van der Waals surface area contributed by atoms with Gasteiger partial charge < -0.3 is 14.8 Å². The van der Waals surface area contributed by atoms with Crippen LogP contribution in [0.1, 0.15) is 27.7 Å². The Morgan fingerprint density at radius 2 is 2.13 bits per heavy atom. The van der Waals surface area contributed by atoms with E-state index in [4.69, 9.17) is 9.47 Å². The number of ether oxygens (including phenoxy) is 2. The second kappa shape index (κ2) is 6.45. The molecule has 0 radical (unpaired) electrons. The SMILES string of the molecule is C=CCOC[C@H](C)NC(=O)OC(C)(C)C. The lowest BCUT2D eigenvalue weighted by Gasteiger charge is -2.21. The van der Waals surface area contributed by atoms with Gasteiger partial charge in [0.2, 0.25) is 0 Å². The summed E-state index contributed by atoms with van der Waals surface area (Å²) in [5, 5.41) is 2.67. The highest BCUT2D eigenvalue weighted by molar-refractivity contribution is 5.68. The van der Waals surface area contributed by atoms with Crippen molar-refractivity contribution in [1.29, 1.82) is 0 Å². The number of nitrogens with one attached hydrogen (secondary N) is 1. The quantitative estimate of drug-likeness (QED) is 0.564. The molecule has 4 heteroatoms. The van der Waals surface area contributed by atoms with Gasteiger partial charge in [0.15, 0.2) is 0 Å². The lowest BCUT2D eigenvalue weighted by atomic mass is 10.2. The minimum absolute atomic E-state index is 0.0696. The van der Waals surface area contributed by atoms with Gasteiger partial charge in [-0.25, -0.2) is 4.79 Å². The Kier molecular flexibility index (Phi) is 6.01. The molecule has 88 valence electrons. The molecule has 0 heterocycles. The Hall–Kier alpha value is -1.03. The Bertz CT molecular complexity index is 208. The van der Waals surface area contributed by atoms with Crippen molar-refractivity contribution in [2.24, 2.45) is 0 Å². The average molecular weight is 215 g/mol. The summed E-state index contributed by atoms with van der Waals surface area (Å²) in [5.41, 5.74) is -0.466. The summed E-state index contributed by atoms with van der Waals surface area (Å²) in [6, 6.07) is -0.0696. The van der Waals surface area contributed by atoms with E-state index in [1.807, 2.05) is 27.7 Å². The molecule has 0 rings (SSSR count). The molecule has 0 saturated carbocycles. The van der Waals surface area contributed by atoms with Crippen LogP contribution in [-0.4, -0.2) is 30.9 Å². The van der Waals surface area contributed by atoms with Gasteiger partial charge in [-0.3, -0.25) is 0 Å². The van der Waals surface area contributed by atoms with Crippen LogP contribution in [0.4, 0.5) is 4.79 Å². The lowest BCUT2D eigenvalue weighted by Crippen LogP contribution is -2.39. The van der Waals surface area contributed by atoms with E-state index in [0.717, 1.165) is 0 Å². The first-order valence-electron chi connectivity index (χ1n) is 5.03. The van der Waals surface area contributed by atoms with Gasteiger partial charge in [0.05, 0.1) is 19.3 Å². The van der Waals surface area contributed by atoms with E-state index in [9.17, 15) is 4.79 Å². The molecule has 0 aromatic rings. The Morgan fingerprint density at radius 3 is 2.60 bits per heavy atom. The number of carbonyl (C=O) groups excluding carboxylic acids is 1. The molecule has 1 N–H and O–H groups in total. The van der Waals surface area contributed by atoms with E-state index < -0.39 is 11.7 Å². The van der Waals surface area contributed by atoms with Crippen molar-refractivity contribution in [2.75, 3.05) is 13.2 Å². The fraction of sp³-hybridized carbons (Fsp3) is 0.727. The first-order chi connectivity index (χ1) is 6.85. The Morgan fingerprint density at radius 1 is 1.53 bits per heavy atom. The van der Waals surface area contributed by atoms with Gasteiger partial charge in [0.25, 0.3) is 0 Å². The maximum atomic E-state index is 11.3. The third-order valence-electron chi connectivity index (χ3n) is 1.37. The largest absolute Gasteiger partial charge is 0.444 e. The summed E-state index contributed by atoms with van der Waals surface area (Å²) in [6.07, 6.45) is 1.25. The molecule has 0 unspecified atom stereocenters. The maximum absolute atomic E-state index is 11.3. The van der Waals surface area contributed by atoms with Crippen molar-refractivity contribution in [3.8, 4) is 0 Å². The van der Waals surface area contributed by atoms with Gasteiger partial charge in [-0.15, -0.1) is 6.58 Å². The van der Waals surface area contributed by atoms with E-state index in [-0.39, 0.29) is 6.04 Å². The summed E-state index contributed by atoms with van der Waals surface area (Å²) in [4.78, 5) is 11.3. The molecule has 0 aliphatic heterocycles. The van der Waals surface area contributed by atoms with Crippen molar-refractivity contribution in [3.63, 3.8) is 0 Å². The van der Waals surface area contributed by atoms with Gasteiger partial charge >= 0.3 is 6.09 Å². The predicted molar refractivity (Wildman–Crippen MR) is 59.8 cm³/mol. The molecule has 0 bridgehead atoms. The van der Waals surface area contributed by atoms with Gasteiger partial charge in [0, 0.05) is 0 Å². The van der Waals surface area contributed by atoms with E-state index in [2.05, 4.69) is 11.9 Å². The van der Waals surface area contributed by atoms with Gasteiger partial charge in [-0.1, -0.05) is 6.08 Å². The number of carbonyl (C=O) groups is 1. The predicted octanol–water partition coefficient (Wildman–Crippen LogP) is 2.10. The highest BCUT2D eigenvalue weighted by atomic mass is 16.6. The minimum atomic E-state index is -0.466. The topological polar surface area (TPSA) is 47.6 Å². The molecule has 0 aliphatic carbocycles. The second-order valence-corrected chi connectivity index (χ2v) is 4.37. The Balaban J connectivity index is 3.71. The van der Waals surface area contributed by atoms with Crippen LogP contribution >= 0.6 is 0 Å². The standard InChI is InChI=1S/C11H21NO3/c1-6-7-14-8-9(2)12-10(13)15-11(3,4)5/h6,9H,1,7-8H2,2-5H3,(H,12,13)/t9-/m0/s1. The number of alkyl carbamates (subject to hydrolysis) is 1. The first-order valence-corrected chi connectivity index (χ1v) is 5.03. The molecular formula is C11H21NO3. The van der Waals surface area contributed by atoms with Gasteiger partial charge in [0.1, 0.15) is 5.60 Å². The zero-order valence-electron chi connectivity index (χ0n) is 10.0. The molecule has 0 aliphatic rings. The normalized spacial score (nSPS) is 13.1. The van der Waals surface area contributed by atoms with Crippen LogP contribution in [0.2, 0.25) is 0 Å². The molecule has 1 amide bonds. The second-order valence-electron chi connectivity index (χ2n) is 4.37. The first kappa shape index (κ1) is 14.0. The van der Waals surface area contributed by atoms with E-state index >= 15 is 0 Å². The summed E-state index contributed by atoms with van der Waals surface area (Å²) in [5.74, 6) is 0. The van der Waals surface area contributed by atoms with E-state index in [0.29, 0.717) is 13.2 Å². The molecule has 4 nitrogen and oxygen atoms in total. The van der Waals surface area contributed by atoms with Crippen molar-refractivity contribution in [2.45, 2.75) is 39.3 Å². The van der Waals surface area contributed by atoms with Crippen molar-refractivity contribution in [1.82, 2.24) is 5.32 Å². The highest BCUT2D eigenvalue weighted by Gasteiger charge is 2.17. The number of hydrogen-bond acceptors (Lipinski definition) is 3. The van der Waals surface area contributed by atoms with Crippen LogP contribution in [0.3, 0.4) is 0 Å². The van der Waals surface area contributed by atoms with Crippen LogP contribution in [0.5, 0.6) is 0 Å². The average Bonchev–Trinajstić information content (AvgIpc) is 2.00. The van der Waals surface area contributed by atoms with Crippen LogP contribution in [0, 0.1) is 0 Å². The number of amides is 1. The Labute approximate surface area is 91.6 Å². The summed E-state index contributed by atoms with van der Waals surface area (Å²) in [6.45, 7) is 11.8. The van der Waals surface area contributed by atoms with E-state index in [1.165, 1.54) is 0 Å². The lowest BCUT2D eigenvalue weighted by molar-refractivity contribution is 0.0466. The molecule has 15 heavy (non-hydrogen) atoms. The van der Waals surface area contributed by atoms with Crippen LogP contribution in [0.25, 0.3) is 0 Å². The monoisotopic (exact) mass is 215 g/mol. The number of hydrogen-bond donors (Lipinski definition) is 1. The van der Waals surface area contributed by atoms with Gasteiger partial charge in [-0.2, -0.15) is 0 Å². The number of rotatable bonds is 5. The van der Waals surface area contributed by atoms with E-state index in [1.54, 1.807) is 6.08 Å². The zero-order chi connectivity index (χ0) is 11.9. The summed E-state index contributed by atoms with van der Waals surface area (Å²) < 4.78 is 10.3. The molecule has 0 fully saturated rings. The molecule has 0 saturated heterocycles. The third kappa shape index (κ3) is 9.28. The van der Waals surface area contributed by atoms with Crippen molar-refractivity contribution < 1.29 is 14.3 Å². The maximum Gasteiger partial charge on any atom is 0.407 e. The summed E-state index contributed by atoms with van der Waals surface area (Å²) in [7, 11) is 0. The van der Waals surface area contributed by atoms with Crippen LogP contribution < -0.4 is 5.32 Å². The smallest absolute Gasteiger partial charge is 0.407 e. The van der Waals surface area contributed by atoms with Crippen LogP contribution in [-0.2, 0) is 9.47 Å². The molecular weight excluding hydrogens is 194 g/mol. The molecule has 0 aromatic carbocycles. The fourth-order valence-electron chi connectivity index (χ4n) is 0.879. The van der Waals surface area contributed by atoms with Crippen LogP contribution in [0.15, 0.2) is 12.7 Å². The fourth-order valence-corrected chi connectivity index (χ4v) is 0.879.